The monoisotopic (exact) mass is 610 g/mol. The molecule has 0 heterocycles. The summed E-state index contributed by atoms with van der Waals surface area (Å²) in [5.74, 6) is 0.259. The highest BCUT2D eigenvalue weighted by Crippen LogP contribution is 2.35. The molecule has 0 aliphatic rings. The molecule has 7 heteroatoms. The number of nitriles is 1. The van der Waals surface area contributed by atoms with Crippen molar-refractivity contribution in [1.82, 2.24) is 10.6 Å². The predicted octanol–water partition coefficient (Wildman–Crippen LogP) is 8.75. The Morgan fingerprint density at radius 3 is 1.88 bits per heavy atom. The fourth-order valence-corrected chi connectivity index (χ4v) is 5.23. The first kappa shape index (κ1) is 43.5. The van der Waals surface area contributed by atoms with Crippen molar-refractivity contribution in [3.63, 3.8) is 0 Å². The van der Waals surface area contributed by atoms with E-state index in [0.717, 1.165) is 19.4 Å². The zero-order valence-electron chi connectivity index (χ0n) is 30.8. The number of hydrogen-bond donors (Lipinski definition) is 2. The lowest BCUT2D eigenvalue weighted by molar-refractivity contribution is -0.159. The average Bonchev–Trinajstić information content (AvgIpc) is 2.88. The van der Waals surface area contributed by atoms with Crippen LogP contribution in [-0.4, -0.2) is 48.3 Å². The fraction of sp³-hybridized carbons (Fsp3) is 0.917. The van der Waals surface area contributed by atoms with Crippen molar-refractivity contribution in [2.75, 3.05) is 19.7 Å². The summed E-state index contributed by atoms with van der Waals surface area (Å²) in [7, 11) is 0. The van der Waals surface area contributed by atoms with Crippen molar-refractivity contribution in [1.29, 1.82) is 5.26 Å². The Bertz CT molecular complexity index is 827. The number of ether oxygens (including phenoxy) is 2. The highest BCUT2D eigenvalue weighted by molar-refractivity contribution is 5.81. The summed E-state index contributed by atoms with van der Waals surface area (Å²) in [6.45, 7) is 30.3. The Balaban J connectivity index is 0. The van der Waals surface area contributed by atoms with Gasteiger partial charge in [-0.2, -0.15) is 5.26 Å². The van der Waals surface area contributed by atoms with E-state index in [9.17, 15) is 14.9 Å². The molecule has 0 aromatic carbocycles. The van der Waals surface area contributed by atoms with Gasteiger partial charge in [0.15, 0.2) is 0 Å². The zero-order chi connectivity index (χ0) is 34.0. The van der Waals surface area contributed by atoms with Crippen molar-refractivity contribution in [3.05, 3.63) is 0 Å². The molecular weight excluding hydrogens is 538 g/mol. The summed E-state index contributed by atoms with van der Waals surface area (Å²) >= 11 is 0. The van der Waals surface area contributed by atoms with E-state index in [1.165, 1.54) is 19.3 Å². The van der Waals surface area contributed by atoms with Gasteiger partial charge in [0.2, 0.25) is 11.8 Å². The van der Waals surface area contributed by atoms with Crippen LogP contribution < -0.4 is 10.6 Å². The highest BCUT2D eigenvalue weighted by Gasteiger charge is 2.38. The van der Waals surface area contributed by atoms with Crippen LogP contribution >= 0.6 is 0 Å². The lowest BCUT2D eigenvalue weighted by atomic mass is 9.77. The van der Waals surface area contributed by atoms with E-state index >= 15 is 0 Å². The molecule has 0 aromatic heterocycles. The number of hydrogen-bond acceptors (Lipinski definition) is 5. The van der Waals surface area contributed by atoms with Crippen LogP contribution in [0.4, 0.5) is 0 Å². The standard InChI is InChI=1S/C34H65N3O4.C2H6/c1-13-14-15-16-17-22-37-29(39)30(4,5)25-33(10,11)41-32(8,9)21-24-40-31(6,7)20-23-36-28(38)18-19-34(12,26-35)27(2)3;1-2/h27H,13-25H2,1-12H3,(H,36,38)(H,37,39);1-2H3. The van der Waals surface area contributed by atoms with Crippen LogP contribution in [0.25, 0.3) is 0 Å². The maximum atomic E-state index is 12.9. The normalized spacial score (nSPS) is 13.9. The quantitative estimate of drug-likeness (QED) is 0.120. The molecule has 0 saturated carbocycles. The first-order valence-corrected chi connectivity index (χ1v) is 17.0. The number of unbranched alkanes of at least 4 members (excludes halogenated alkanes) is 4. The smallest absolute Gasteiger partial charge is 0.225 e. The predicted molar refractivity (Wildman–Crippen MR) is 181 cm³/mol. The molecule has 0 aliphatic heterocycles. The molecule has 0 saturated heterocycles. The van der Waals surface area contributed by atoms with Crippen molar-refractivity contribution in [2.24, 2.45) is 16.7 Å². The maximum absolute atomic E-state index is 12.9. The van der Waals surface area contributed by atoms with E-state index in [2.05, 4.69) is 51.3 Å². The van der Waals surface area contributed by atoms with Crippen LogP contribution in [0.3, 0.4) is 0 Å². The lowest BCUT2D eigenvalue weighted by Crippen LogP contribution is -2.46. The van der Waals surface area contributed by atoms with Crippen LogP contribution in [-0.2, 0) is 19.1 Å². The second-order valence-corrected chi connectivity index (χ2v) is 15.0. The molecule has 0 aromatic rings. The van der Waals surface area contributed by atoms with Gasteiger partial charge >= 0.3 is 0 Å². The molecule has 0 spiro atoms. The molecular formula is C36H71N3O4. The van der Waals surface area contributed by atoms with Crippen molar-refractivity contribution in [2.45, 2.75) is 178 Å². The summed E-state index contributed by atoms with van der Waals surface area (Å²) in [5.41, 5.74) is -2.33. The second-order valence-electron chi connectivity index (χ2n) is 15.0. The summed E-state index contributed by atoms with van der Waals surface area (Å²) in [6.07, 6.45) is 8.80. The molecule has 0 fully saturated rings. The van der Waals surface area contributed by atoms with E-state index in [-0.39, 0.29) is 17.7 Å². The first-order chi connectivity index (χ1) is 19.7. The van der Waals surface area contributed by atoms with E-state index in [1.807, 2.05) is 62.3 Å². The van der Waals surface area contributed by atoms with Crippen LogP contribution in [0.15, 0.2) is 0 Å². The van der Waals surface area contributed by atoms with Gasteiger partial charge in [-0.1, -0.05) is 74.1 Å². The van der Waals surface area contributed by atoms with Gasteiger partial charge in [0.05, 0.1) is 34.9 Å². The van der Waals surface area contributed by atoms with Gasteiger partial charge in [0.1, 0.15) is 0 Å². The zero-order valence-corrected chi connectivity index (χ0v) is 30.8. The SMILES string of the molecule is CC.CCCCCCCNC(=O)C(C)(C)CC(C)(C)OC(C)(C)CCOC(C)(C)CCNC(=O)CCC(C)(C#N)C(C)C. The molecule has 254 valence electrons. The molecule has 43 heavy (non-hydrogen) atoms. The van der Waals surface area contributed by atoms with Crippen LogP contribution in [0.5, 0.6) is 0 Å². The van der Waals surface area contributed by atoms with Crippen LogP contribution in [0.2, 0.25) is 0 Å². The number of carbonyl (C=O) groups is 2. The minimum atomic E-state index is -0.534. The summed E-state index contributed by atoms with van der Waals surface area (Å²) in [6, 6.07) is 2.36. The third kappa shape index (κ3) is 20.1. The average molecular weight is 610 g/mol. The van der Waals surface area contributed by atoms with Gasteiger partial charge in [0, 0.05) is 24.9 Å². The minimum Gasteiger partial charge on any atom is -0.375 e. The molecule has 2 amide bonds. The number of nitrogens with zero attached hydrogens (tertiary/aromatic N) is 1. The first-order valence-electron chi connectivity index (χ1n) is 17.0. The van der Waals surface area contributed by atoms with Gasteiger partial charge in [-0.3, -0.25) is 9.59 Å². The molecule has 0 rings (SSSR count). The van der Waals surface area contributed by atoms with Gasteiger partial charge in [0.25, 0.3) is 0 Å². The molecule has 0 radical (unpaired) electrons. The van der Waals surface area contributed by atoms with Crippen LogP contribution in [0.1, 0.15) is 161 Å². The van der Waals surface area contributed by atoms with Crippen molar-refractivity contribution < 1.29 is 19.1 Å². The third-order valence-corrected chi connectivity index (χ3v) is 8.25. The topological polar surface area (TPSA) is 100 Å². The molecule has 1 atom stereocenters. The number of carbonyl (C=O) groups excluding carboxylic acids is 2. The van der Waals surface area contributed by atoms with Gasteiger partial charge < -0.3 is 20.1 Å². The minimum absolute atomic E-state index is 0.0248. The molecule has 0 bridgehead atoms. The highest BCUT2D eigenvalue weighted by atomic mass is 16.5. The number of rotatable bonds is 22. The van der Waals surface area contributed by atoms with Crippen molar-refractivity contribution >= 4 is 11.8 Å². The van der Waals surface area contributed by atoms with E-state index in [1.54, 1.807) is 0 Å². The van der Waals surface area contributed by atoms with Crippen molar-refractivity contribution in [3.8, 4) is 6.07 Å². The molecule has 2 N–H and O–H groups in total. The Hall–Kier alpha value is -1.65. The lowest BCUT2D eigenvalue weighted by Gasteiger charge is -2.40. The summed E-state index contributed by atoms with van der Waals surface area (Å²) in [4.78, 5) is 25.2. The Kier molecular flexibility index (Phi) is 20.6. The Morgan fingerprint density at radius 2 is 1.35 bits per heavy atom. The summed E-state index contributed by atoms with van der Waals surface area (Å²) < 4.78 is 12.8. The molecule has 1 unspecified atom stereocenters. The van der Waals surface area contributed by atoms with E-state index < -0.39 is 27.6 Å². The van der Waals surface area contributed by atoms with E-state index in [4.69, 9.17) is 9.47 Å². The Labute approximate surface area is 267 Å². The summed E-state index contributed by atoms with van der Waals surface area (Å²) in [5, 5.41) is 15.6. The van der Waals surface area contributed by atoms with Gasteiger partial charge in [-0.05, 0) is 86.5 Å². The number of amides is 2. The maximum Gasteiger partial charge on any atom is 0.225 e. The molecule has 0 aliphatic carbocycles. The van der Waals surface area contributed by atoms with Crippen LogP contribution in [0, 0.1) is 28.1 Å². The van der Waals surface area contributed by atoms with Gasteiger partial charge in [-0.25, -0.2) is 0 Å². The number of nitrogens with one attached hydrogen (secondary N) is 2. The second kappa shape index (κ2) is 20.4. The van der Waals surface area contributed by atoms with Gasteiger partial charge in [-0.15, -0.1) is 0 Å². The largest absolute Gasteiger partial charge is 0.375 e. The third-order valence-electron chi connectivity index (χ3n) is 8.25. The Morgan fingerprint density at radius 1 is 0.767 bits per heavy atom. The van der Waals surface area contributed by atoms with E-state index in [0.29, 0.717) is 45.3 Å². The fourth-order valence-electron chi connectivity index (χ4n) is 5.23. The molecule has 7 nitrogen and oxygen atoms in total.